The van der Waals surface area contributed by atoms with E-state index < -0.39 is 0 Å². The number of thioether (sulfide) groups is 1. The maximum atomic E-state index is 12.7. The molecule has 0 aliphatic carbocycles. The lowest BCUT2D eigenvalue weighted by molar-refractivity contribution is -0.121. The van der Waals surface area contributed by atoms with Gasteiger partial charge in [-0.1, -0.05) is 81.5 Å². The van der Waals surface area contributed by atoms with Crippen LogP contribution in [0.1, 0.15) is 24.0 Å². The molecule has 4 rings (SSSR count). The molecule has 0 radical (unpaired) electrons. The van der Waals surface area contributed by atoms with Crippen molar-refractivity contribution in [3.63, 3.8) is 0 Å². The second-order valence-corrected chi connectivity index (χ2v) is 10.4. The van der Waals surface area contributed by atoms with Gasteiger partial charge in [0.05, 0.1) is 0 Å². The van der Waals surface area contributed by atoms with Gasteiger partial charge in [-0.05, 0) is 49.2 Å². The minimum atomic E-state index is 0.0375. The Balaban J connectivity index is 1.22. The molecule has 0 saturated carbocycles. The summed E-state index contributed by atoms with van der Waals surface area (Å²) in [6.45, 7) is 2.80. The molecule has 8 heteroatoms. The summed E-state index contributed by atoms with van der Waals surface area (Å²) in [4.78, 5) is 15.1. The lowest BCUT2D eigenvalue weighted by Gasteiger charge is -2.31. The molecule has 1 aliphatic rings. The number of carbonyl (C=O) groups excluding carboxylic acids is 1. The van der Waals surface area contributed by atoms with Crippen LogP contribution in [0.2, 0.25) is 0 Å². The van der Waals surface area contributed by atoms with E-state index in [4.69, 9.17) is 0 Å². The van der Waals surface area contributed by atoms with Gasteiger partial charge in [0.2, 0.25) is 11.0 Å². The Morgan fingerprint density at radius 1 is 1.07 bits per heavy atom. The van der Waals surface area contributed by atoms with E-state index in [0.717, 1.165) is 47.0 Å². The van der Waals surface area contributed by atoms with Gasteiger partial charge in [0.25, 0.3) is 0 Å². The van der Waals surface area contributed by atoms with Gasteiger partial charge in [0.15, 0.2) is 4.34 Å². The van der Waals surface area contributed by atoms with Crippen LogP contribution in [0.4, 0.5) is 5.13 Å². The van der Waals surface area contributed by atoms with Crippen molar-refractivity contribution >= 4 is 50.1 Å². The number of nitrogens with zero attached hydrogens (tertiary/aromatic N) is 3. The normalized spacial score (nSPS) is 15.2. The average molecular weight is 503 g/mol. The van der Waals surface area contributed by atoms with Gasteiger partial charge in [0, 0.05) is 22.7 Å². The van der Waals surface area contributed by atoms with E-state index in [0.29, 0.717) is 5.13 Å². The third-order valence-electron chi connectivity index (χ3n) is 5.12. The summed E-state index contributed by atoms with van der Waals surface area (Å²) in [5.41, 5.74) is 2.55. The van der Waals surface area contributed by atoms with E-state index in [1.807, 2.05) is 18.2 Å². The predicted molar refractivity (Wildman–Crippen MR) is 127 cm³/mol. The first-order valence-corrected chi connectivity index (χ1v) is 12.5. The highest BCUT2D eigenvalue weighted by molar-refractivity contribution is 9.10. The monoisotopic (exact) mass is 502 g/mol. The fourth-order valence-corrected chi connectivity index (χ4v) is 5.42. The summed E-state index contributed by atoms with van der Waals surface area (Å²) < 4.78 is 1.97. The van der Waals surface area contributed by atoms with Crippen LogP contribution >= 0.6 is 39.0 Å². The number of benzene rings is 2. The van der Waals surface area contributed by atoms with E-state index >= 15 is 0 Å². The Labute approximate surface area is 193 Å². The molecule has 0 bridgehead atoms. The van der Waals surface area contributed by atoms with Gasteiger partial charge in [0.1, 0.15) is 0 Å². The Kier molecular flexibility index (Phi) is 7.54. The first-order valence-electron chi connectivity index (χ1n) is 9.93. The zero-order valence-electron chi connectivity index (χ0n) is 16.5. The quantitative estimate of drug-likeness (QED) is 0.344. The number of amides is 1. The lowest BCUT2D eigenvalue weighted by Crippen LogP contribution is -2.37. The molecular weight excluding hydrogens is 480 g/mol. The molecule has 156 valence electrons. The van der Waals surface area contributed by atoms with Crippen molar-refractivity contribution in [1.29, 1.82) is 0 Å². The summed E-state index contributed by atoms with van der Waals surface area (Å²) >= 11 is 6.56. The van der Waals surface area contributed by atoms with Crippen LogP contribution < -0.4 is 5.32 Å². The number of hydrogen-bond donors (Lipinski definition) is 1. The molecule has 2 aromatic carbocycles. The summed E-state index contributed by atoms with van der Waals surface area (Å²) in [6, 6.07) is 18.7. The summed E-state index contributed by atoms with van der Waals surface area (Å²) in [7, 11) is 0. The van der Waals surface area contributed by atoms with Crippen molar-refractivity contribution in [1.82, 2.24) is 15.1 Å². The van der Waals surface area contributed by atoms with E-state index in [-0.39, 0.29) is 11.8 Å². The van der Waals surface area contributed by atoms with Crippen LogP contribution in [-0.2, 0) is 17.1 Å². The number of likely N-dealkylation sites (tertiary alicyclic amines) is 1. The molecule has 0 spiro atoms. The number of piperidine rings is 1. The Hall–Kier alpha value is -1.74. The van der Waals surface area contributed by atoms with Crippen molar-refractivity contribution in [3.05, 3.63) is 70.2 Å². The number of halogens is 1. The van der Waals surface area contributed by atoms with Gasteiger partial charge in [-0.2, -0.15) is 0 Å². The third-order valence-corrected chi connectivity index (χ3v) is 7.69. The number of aromatic nitrogens is 2. The smallest absolute Gasteiger partial charge is 0.229 e. The van der Waals surface area contributed by atoms with Crippen LogP contribution in [0.25, 0.3) is 0 Å². The fourth-order valence-electron chi connectivity index (χ4n) is 3.45. The third kappa shape index (κ3) is 6.14. The second-order valence-electron chi connectivity index (χ2n) is 7.31. The molecule has 1 aromatic heterocycles. The first kappa shape index (κ1) is 21.5. The zero-order valence-corrected chi connectivity index (χ0v) is 19.7. The Bertz CT molecular complexity index is 957. The topological polar surface area (TPSA) is 58.1 Å². The predicted octanol–water partition coefficient (Wildman–Crippen LogP) is 5.44. The van der Waals surface area contributed by atoms with Crippen molar-refractivity contribution in [2.24, 2.45) is 5.92 Å². The van der Waals surface area contributed by atoms with E-state index in [1.165, 1.54) is 22.5 Å². The minimum absolute atomic E-state index is 0.0375. The highest BCUT2D eigenvalue weighted by Crippen LogP contribution is 2.29. The maximum Gasteiger partial charge on any atom is 0.229 e. The molecular formula is C22H23BrN4OS2. The van der Waals surface area contributed by atoms with Crippen LogP contribution in [0.3, 0.4) is 0 Å². The van der Waals surface area contributed by atoms with E-state index in [1.54, 1.807) is 11.8 Å². The van der Waals surface area contributed by atoms with Gasteiger partial charge in [-0.25, -0.2) is 0 Å². The molecule has 1 aliphatic heterocycles. The zero-order chi connectivity index (χ0) is 20.8. The summed E-state index contributed by atoms with van der Waals surface area (Å²) in [5, 5.41) is 11.9. The van der Waals surface area contributed by atoms with Gasteiger partial charge in [-0.15, -0.1) is 10.2 Å². The van der Waals surface area contributed by atoms with Crippen molar-refractivity contribution in [3.8, 4) is 0 Å². The Morgan fingerprint density at radius 3 is 2.53 bits per heavy atom. The highest BCUT2D eigenvalue weighted by atomic mass is 79.9. The van der Waals surface area contributed by atoms with Gasteiger partial charge < -0.3 is 5.32 Å². The summed E-state index contributed by atoms with van der Waals surface area (Å²) in [5.74, 6) is 0.949. The van der Waals surface area contributed by atoms with Crippen LogP contribution in [0.15, 0.2) is 63.4 Å². The summed E-state index contributed by atoms with van der Waals surface area (Å²) in [6.07, 6.45) is 1.74. The SMILES string of the molecule is O=C(Nc1nnc(SCc2ccccc2)s1)C1CCN(Cc2ccc(Br)cc2)CC1. The first-order chi connectivity index (χ1) is 14.7. The molecule has 0 atom stereocenters. The molecule has 0 unspecified atom stereocenters. The molecule has 5 nitrogen and oxygen atoms in total. The second kappa shape index (κ2) is 10.5. The van der Waals surface area contributed by atoms with Crippen molar-refractivity contribution in [2.75, 3.05) is 18.4 Å². The number of hydrogen-bond acceptors (Lipinski definition) is 6. The fraction of sp³-hybridized carbons (Fsp3) is 0.318. The number of carbonyl (C=O) groups is 1. The molecule has 30 heavy (non-hydrogen) atoms. The molecule has 1 saturated heterocycles. The molecule has 1 fully saturated rings. The Morgan fingerprint density at radius 2 is 1.80 bits per heavy atom. The standard InChI is InChI=1S/C22H23BrN4OS2/c23-19-8-6-16(7-9-19)14-27-12-10-18(11-13-27)20(28)24-21-25-26-22(30-21)29-15-17-4-2-1-3-5-17/h1-9,18H,10-15H2,(H,24,25,28). The van der Waals surface area contributed by atoms with Crippen LogP contribution in [-0.4, -0.2) is 34.1 Å². The molecule has 3 aromatic rings. The van der Waals surface area contributed by atoms with E-state index in [9.17, 15) is 4.79 Å². The molecule has 1 amide bonds. The average Bonchev–Trinajstić information content (AvgIpc) is 3.22. The van der Waals surface area contributed by atoms with Crippen LogP contribution in [0.5, 0.6) is 0 Å². The van der Waals surface area contributed by atoms with Crippen LogP contribution in [0, 0.1) is 5.92 Å². The van der Waals surface area contributed by atoms with E-state index in [2.05, 4.69) is 72.7 Å². The van der Waals surface area contributed by atoms with Gasteiger partial charge >= 0.3 is 0 Å². The largest absolute Gasteiger partial charge is 0.300 e. The van der Waals surface area contributed by atoms with Crippen molar-refractivity contribution < 1.29 is 4.79 Å². The molecule has 2 heterocycles. The minimum Gasteiger partial charge on any atom is -0.300 e. The molecule has 1 N–H and O–H groups in total. The maximum absolute atomic E-state index is 12.7. The van der Waals surface area contributed by atoms with Gasteiger partial charge in [-0.3, -0.25) is 9.69 Å². The highest BCUT2D eigenvalue weighted by Gasteiger charge is 2.25. The van der Waals surface area contributed by atoms with Crippen molar-refractivity contribution in [2.45, 2.75) is 29.5 Å². The number of nitrogens with one attached hydrogen (secondary N) is 1. The number of rotatable bonds is 7. The number of anilines is 1. The lowest BCUT2D eigenvalue weighted by atomic mass is 9.95.